The van der Waals surface area contributed by atoms with Gasteiger partial charge in [0.05, 0.1) is 16.2 Å². The molecule has 0 atom stereocenters. The molecular formula is C17H15N2+. The van der Waals surface area contributed by atoms with Gasteiger partial charge in [-0.3, -0.25) is 0 Å². The number of aromatic amines is 2. The quantitative estimate of drug-likeness (QED) is 0.488. The van der Waals surface area contributed by atoms with Crippen molar-refractivity contribution in [3.63, 3.8) is 0 Å². The van der Waals surface area contributed by atoms with E-state index in [0.29, 0.717) is 0 Å². The van der Waals surface area contributed by atoms with Gasteiger partial charge in [0, 0.05) is 23.3 Å². The molecule has 0 fully saturated rings. The van der Waals surface area contributed by atoms with Gasteiger partial charge in [-0.1, -0.05) is 12.1 Å². The van der Waals surface area contributed by atoms with Crippen molar-refractivity contribution < 1.29 is 4.98 Å². The maximum Gasteiger partial charge on any atom is 0.220 e. The van der Waals surface area contributed by atoms with E-state index < -0.39 is 0 Å². The molecule has 19 heavy (non-hydrogen) atoms. The average Bonchev–Trinajstić information content (AvgIpc) is 2.78. The van der Waals surface area contributed by atoms with Crippen LogP contribution in [0.4, 0.5) is 0 Å². The van der Waals surface area contributed by atoms with Crippen molar-refractivity contribution in [1.82, 2.24) is 4.98 Å². The molecular weight excluding hydrogens is 232 g/mol. The molecule has 0 aliphatic carbocycles. The number of pyridine rings is 1. The van der Waals surface area contributed by atoms with E-state index in [9.17, 15) is 0 Å². The Labute approximate surface area is 111 Å². The van der Waals surface area contributed by atoms with Crippen LogP contribution in [0.15, 0.2) is 42.6 Å². The smallest absolute Gasteiger partial charge is 0.220 e. The summed E-state index contributed by atoms with van der Waals surface area (Å²) in [7, 11) is 0. The third-order valence-electron chi connectivity index (χ3n) is 3.96. The Morgan fingerprint density at radius 3 is 2.68 bits per heavy atom. The van der Waals surface area contributed by atoms with Crippen LogP contribution in [-0.2, 0) is 0 Å². The largest absolute Gasteiger partial charge is 0.365 e. The molecule has 92 valence electrons. The summed E-state index contributed by atoms with van der Waals surface area (Å²) < 4.78 is 0. The first-order valence-corrected chi connectivity index (χ1v) is 6.57. The van der Waals surface area contributed by atoms with E-state index in [-0.39, 0.29) is 0 Å². The van der Waals surface area contributed by atoms with Crippen molar-refractivity contribution in [2.45, 2.75) is 13.8 Å². The molecule has 2 nitrogen and oxygen atoms in total. The average molecular weight is 247 g/mol. The number of rotatable bonds is 0. The fourth-order valence-corrected chi connectivity index (χ4v) is 3.14. The van der Waals surface area contributed by atoms with Crippen LogP contribution in [0.3, 0.4) is 0 Å². The van der Waals surface area contributed by atoms with E-state index in [2.05, 4.69) is 60.2 Å². The molecule has 2 heterocycles. The normalized spacial score (nSPS) is 11.7. The molecule has 0 unspecified atom stereocenters. The Kier molecular flexibility index (Phi) is 1.99. The van der Waals surface area contributed by atoms with E-state index in [4.69, 9.17) is 0 Å². The number of aryl methyl sites for hydroxylation is 2. The van der Waals surface area contributed by atoms with Crippen molar-refractivity contribution in [2.24, 2.45) is 0 Å². The molecule has 0 spiro atoms. The van der Waals surface area contributed by atoms with Gasteiger partial charge in [-0.2, -0.15) is 0 Å². The SMILES string of the molecule is Cc1cc2c3ccccc3[nH+]c2c2cc[nH]c(C)c12. The predicted octanol–water partition coefficient (Wildman–Crippen LogP) is 3.91. The Morgan fingerprint density at radius 1 is 0.947 bits per heavy atom. The maximum absolute atomic E-state index is 3.56. The van der Waals surface area contributed by atoms with Gasteiger partial charge in [0.1, 0.15) is 0 Å². The Bertz CT molecular complexity index is 932. The van der Waals surface area contributed by atoms with Crippen LogP contribution in [0.2, 0.25) is 0 Å². The number of hydrogen-bond donors (Lipinski definition) is 1. The van der Waals surface area contributed by atoms with Crippen LogP contribution >= 0.6 is 0 Å². The van der Waals surface area contributed by atoms with Gasteiger partial charge >= 0.3 is 0 Å². The van der Waals surface area contributed by atoms with Crippen molar-refractivity contribution in [3.05, 3.63) is 53.9 Å². The number of para-hydroxylation sites is 1. The molecule has 2 heteroatoms. The minimum absolute atomic E-state index is 1.20. The van der Waals surface area contributed by atoms with E-state index in [1.54, 1.807) is 0 Å². The van der Waals surface area contributed by atoms with E-state index in [1.807, 2.05) is 6.20 Å². The highest BCUT2D eigenvalue weighted by Crippen LogP contribution is 2.31. The van der Waals surface area contributed by atoms with Crippen molar-refractivity contribution in [2.75, 3.05) is 0 Å². The number of nitrogens with one attached hydrogen (secondary N) is 2. The Balaban J connectivity index is 2.36. The zero-order valence-electron chi connectivity index (χ0n) is 11.0. The number of H-pyrrole nitrogens is 2. The monoisotopic (exact) mass is 247 g/mol. The summed E-state index contributed by atoms with van der Waals surface area (Å²) in [6.45, 7) is 4.31. The zero-order chi connectivity index (χ0) is 13.0. The second-order valence-electron chi connectivity index (χ2n) is 5.18. The molecule has 4 rings (SSSR count). The lowest BCUT2D eigenvalue weighted by atomic mass is 10.0. The summed E-state index contributed by atoms with van der Waals surface area (Å²) in [5, 5.41) is 5.23. The van der Waals surface area contributed by atoms with Crippen LogP contribution < -0.4 is 4.98 Å². The molecule has 2 aromatic heterocycles. The summed E-state index contributed by atoms with van der Waals surface area (Å²) in [5.41, 5.74) is 4.98. The second kappa shape index (κ2) is 3.58. The molecule has 2 aromatic carbocycles. The first kappa shape index (κ1) is 10.6. The maximum atomic E-state index is 3.56. The summed E-state index contributed by atoms with van der Waals surface area (Å²) in [5.74, 6) is 0. The minimum atomic E-state index is 1.20. The fraction of sp³-hybridized carbons (Fsp3) is 0.118. The third-order valence-corrected chi connectivity index (χ3v) is 3.96. The lowest BCUT2D eigenvalue weighted by molar-refractivity contribution is -0.306. The molecule has 0 saturated carbocycles. The molecule has 2 N–H and O–H groups in total. The number of hydrogen-bond acceptors (Lipinski definition) is 0. The van der Waals surface area contributed by atoms with Gasteiger partial charge in [0.25, 0.3) is 0 Å². The first-order chi connectivity index (χ1) is 9.25. The summed E-state index contributed by atoms with van der Waals surface area (Å²) in [6.07, 6.45) is 2.02. The molecule has 0 saturated heterocycles. The Morgan fingerprint density at radius 2 is 1.79 bits per heavy atom. The van der Waals surface area contributed by atoms with Crippen LogP contribution in [0, 0.1) is 13.8 Å². The number of aromatic nitrogens is 2. The van der Waals surface area contributed by atoms with Gasteiger partial charge < -0.3 is 4.98 Å². The van der Waals surface area contributed by atoms with Gasteiger partial charge in [-0.15, -0.1) is 0 Å². The highest BCUT2D eigenvalue weighted by molar-refractivity contribution is 6.15. The minimum Gasteiger partial charge on any atom is -0.365 e. The molecule has 0 aliphatic heterocycles. The zero-order valence-corrected chi connectivity index (χ0v) is 11.0. The Hall–Kier alpha value is -2.35. The lowest BCUT2D eigenvalue weighted by Crippen LogP contribution is -1.99. The van der Waals surface area contributed by atoms with E-state index in [1.165, 1.54) is 43.8 Å². The molecule has 4 aromatic rings. The van der Waals surface area contributed by atoms with Crippen molar-refractivity contribution in [1.29, 1.82) is 0 Å². The van der Waals surface area contributed by atoms with Gasteiger partial charge in [0.15, 0.2) is 0 Å². The van der Waals surface area contributed by atoms with Crippen LogP contribution in [0.1, 0.15) is 11.3 Å². The highest BCUT2D eigenvalue weighted by atomic mass is 14.7. The van der Waals surface area contributed by atoms with Crippen LogP contribution in [0.5, 0.6) is 0 Å². The standard InChI is InChI=1S/C17H14N2/c1-10-9-14-12-5-3-4-6-15(12)19-17(14)13-7-8-18-11(2)16(10)13/h3-9,18H,1-2H3/p+1. The topological polar surface area (TPSA) is 29.9 Å². The van der Waals surface area contributed by atoms with Crippen LogP contribution in [0.25, 0.3) is 32.6 Å². The fourth-order valence-electron chi connectivity index (χ4n) is 3.14. The molecule has 0 radical (unpaired) electrons. The lowest BCUT2D eigenvalue weighted by Gasteiger charge is -2.04. The molecule has 0 amide bonds. The van der Waals surface area contributed by atoms with Gasteiger partial charge in [0.2, 0.25) is 11.0 Å². The highest BCUT2D eigenvalue weighted by Gasteiger charge is 2.16. The van der Waals surface area contributed by atoms with Crippen molar-refractivity contribution >= 4 is 32.6 Å². The van der Waals surface area contributed by atoms with Crippen molar-refractivity contribution in [3.8, 4) is 0 Å². The number of benzene rings is 2. The second-order valence-corrected chi connectivity index (χ2v) is 5.18. The van der Waals surface area contributed by atoms with Crippen LogP contribution in [-0.4, -0.2) is 4.98 Å². The van der Waals surface area contributed by atoms with E-state index >= 15 is 0 Å². The van der Waals surface area contributed by atoms with Gasteiger partial charge in [-0.05, 0) is 37.6 Å². The summed E-state index contributed by atoms with van der Waals surface area (Å²) >= 11 is 0. The molecule has 0 aliphatic rings. The number of fused-ring (bicyclic) bond motifs is 5. The predicted molar refractivity (Wildman–Crippen MR) is 79.3 cm³/mol. The molecule has 0 bridgehead atoms. The van der Waals surface area contributed by atoms with E-state index in [0.717, 1.165) is 0 Å². The third kappa shape index (κ3) is 1.34. The first-order valence-electron chi connectivity index (χ1n) is 6.57. The summed E-state index contributed by atoms with van der Waals surface area (Å²) in [6, 6.07) is 12.9. The van der Waals surface area contributed by atoms with Gasteiger partial charge in [-0.25, -0.2) is 4.98 Å². The summed E-state index contributed by atoms with van der Waals surface area (Å²) in [4.78, 5) is 6.86.